The lowest BCUT2D eigenvalue weighted by atomic mass is 10.1. The topological polar surface area (TPSA) is 168 Å². The van der Waals surface area contributed by atoms with E-state index in [1.165, 1.54) is 6.33 Å². The summed E-state index contributed by atoms with van der Waals surface area (Å²) in [7, 11) is 2.04. The molecule has 0 aliphatic carbocycles. The Morgan fingerprint density at radius 1 is 1.09 bits per heavy atom. The monoisotopic (exact) mass is 602 g/mol. The summed E-state index contributed by atoms with van der Waals surface area (Å²) in [5, 5.41) is 10.7. The first-order valence-corrected chi connectivity index (χ1v) is 14.1. The number of hydrogen-bond acceptors (Lipinski definition) is 13. The van der Waals surface area contributed by atoms with Gasteiger partial charge in [-0.2, -0.15) is 9.97 Å². The Morgan fingerprint density at radius 3 is 2.64 bits per heavy atom. The molecule has 5 heterocycles. The molecule has 0 amide bonds. The van der Waals surface area contributed by atoms with Crippen LogP contribution in [0.1, 0.15) is 36.3 Å². The van der Waals surface area contributed by atoms with Crippen molar-refractivity contribution in [1.82, 2.24) is 24.7 Å². The summed E-state index contributed by atoms with van der Waals surface area (Å²) in [6.07, 6.45) is 3.81. The van der Waals surface area contributed by atoms with Crippen LogP contribution in [-0.4, -0.2) is 80.8 Å². The molecule has 3 aromatic heterocycles. The molecule has 1 unspecified atom stereocenters. The highest BCUT2D eigenvalue weighted by Gasteiger charge is 2.51. The molecular weight excluding hydrogens is 570 g/mol. The predicted octanol–water partition coefficient (Wildman–Crippen LogP) is 2.71. The van der Waals surface area contributed by atoms with Gasteiger partial charge in [-0.1, -0.05) is 42.4 Å². The average Bonchev–Trinajstić information content (AvgIpc) is 3.84. The molecule has 0 saturated carbocycles. The Hall–Kier alpha value is -5.15. The van der Waals surface area contributed by atoms with E-state index in [-0.39, 0.29) is 12.9 Å². The fourth-order valence-corrected chi connectivity index (χ4v) is 5.19. The molecule has 2 aliphatic heterocycles. The van der Waals surface area contributed by atoms with Crippen LogP contribution in [0.4, 0.5) is 11.8 Å². The number of fused-ring (bicyclic) bond motifs is 1. The fraction of sp³-hybridized carbons (Fsp3) is 0.345. The van der Waals surface area contributed by atoms with E-state index >= 15 is 0 Å². The first kappa shape index (κ1) is 28.9. The van der Waals surface area contributed by atoms with Gasteiger partial charge in [-0.05, 0) is 12.0 Å². The van der Waals surface area contributed by atoms with Gasteiger partial charge in [-0.25, -0.2) is 9.98 Å². The Kier molecular flexibility index (Phi) is 8.29. The average molecular weight is 603 g/mol. The van der Waals surface area contributed by atoms with Crippen LogP contribution >= 0.6 is 0 Å². The SMILES string of the molecule is CCc1cc([C@H]2O[C@@H](n3cnc4c(NCc5ccccc5)nc(NCC[N+]5(C)C=CN=C5)nc43)[C@H](OC=O)[C@@H]2OC=O)on1. The number of likely N-dealkylation sites (N-methyl/N-ethyl adjacent to an activating group) is 1. The van der Waals surface area contributed by atoms with E-state index in [1.807, 2.05) is 56.8 Å². The van der Waals surface area contributed by atoms with Crippen molar-refractivity contribution in [2.45, 2.75) is 44.4 Å². The Morgan fingerprint density at radius 2 is 1.91 bits per heavy atom. The van der Waals surface area contributed by atoms with Crippen molar-refractivity contribution >= 4 is 42.2 Å². The lowest BCUT2D eigenvalue weighted by molar-refractivity contribution is -0.754. The van der Waals surface area contributed by atoms with Crippen molar-refractivity contribution in [3.05, 3.63) is 72.1 Å². The summed E-state index contributed by atoms with van der Waals surface area (Å²) in [6.45, 7) is 4.25. The molecule has 0 bridgehead atoms. The number of benzene rings is 1. The van der Waals surface area contributed by atoms with Crippen LogP contribution < -0.4 is 10.6 Å². The van der Waals surface area contributed by atoms with Crippen LogP contribution in [0.2, 0.25) is 0 Å². The third-order valence-electron chi connectivity index (χ3n) is 7.53. The number of aromatic nitrogens is 5. The van der Waals surface area contributed by atoms with Crippen LogP contribution in [0, 0.1) is 0 Å². The van der Waals surface area contributed by atoms with Crippen LogP contribution in [0.3, 0.4) is 0 Å². The van der Waals surface area contributed by atoms with E-state index < -0.39 is 24.5 Å². The van der Waals surface area contributed by atoms with Gasteiger partial charge in [-0.15, -0.1) is 0 Å². The second-order valence-corrected chi connectivity index (χ2v) is 10.5. The van der Waals surface area contributed by atoms with Gasteiger partial charge >= 0.3 is 0 Å². The first-order chi connectivity index (χ1) is 21.5. The molecule has 228 valence electrons. The maximum absolute atomic E-state index is 11.6. The number of aliphatic imine (C=N–C) groups is 1. The van der Waals surface area contributed by atoms with E-state index in [1.54, 1.807) is 16.8 Å². The summed E-state index contributed by atoms with van der Waals surface area (Å²) in [5.74, 6) is 1.18. The summed E-state index contributed by atoms with van der Waals surface area (Å²) < 4.78 is 24.8. The van der Waals surface area contributed by atoms with Crippen molar-refractivity contribution < 1.29 is 32.8 Å². The van der Waals surface area contributed by atoms with Gasteiger partial charge in [0.1, 0.15) is 12.7 Å². The lowest BCUT2D eigenvalue weighted by Crippen LogP contribution is -2.39. The number of ether oxygens (including phenoxy) is 3. The molecule has 5 atom stereocenters. The number of nitrogens with zero attached hydrogens (tertiary/aromatic N) is 7. The van der Waals surface area contributed by atoms with Gasteiger partial charge in [0.15, 0.2) is 53.6 Å². The van der Waals surface area contributed by atoms with Crippen molar-refractivity contribution in [2.24, 2.45) is 4.99 Å². The first-order valence-electron chi connectivity index (χ1n) is 14.1. The number of carbonyl (C=O) groups is 2. The largest absolute Gasteiger partial charge is 0.457 e. The summed E-state index contributed by atoms with van der Waals surface area (Å²) in [6, 6.07) is 11.6. The number of nitrogens with one attached hydrogen (secondary N) is 2. The number of carbonyl (C=O) groups excluding carboxylic acids is 2. The molecular formula is C29H32N9O6+. The zero-order chi connectivity index (χ0) is 30.5. The molecule has 4 aromatic rings. The zero-order valence-electron chi connectivity index (χ0n) is 24.1. The summed E-state index contributed by atoms with van der Waals surface area (Å²) >= 11 is 0. The molecule has 15 nitrogen and oxygen atoms in total. The maximum atomic E-state index is 11.6. The molecule has 2 aliphatic rings. The van der Waals surface area contributed by atoms with Gasteiger partial charge in [0.2, 0.25) is 5.95 Å². The lowest BCUT2D eigenvalue weighted by Gasteiger charge is -2.22. The smallest absolute Gasteiger partial charge is 0.293 e. The summed E-state index contributed by atoms with van der Waals surface area (Å²) in [5.41, 5.74) is 2.63. The Balaban J connectivity index is 1.35. The molecule has 0 radical (unpaired) electrons. The van der Waals surface area contributed by atoms with E-state index in [0.29, 0.717) is 64.9 Å². The maximum Gasteiger partial charge on any atom is 0.293 e. The van der Waals surface area contributed by atoms with Gasteiger partial charge in [0.05, 0.1) is 31.8 Å². The van der Waals surface area contributed by atoms with Gasteiger partial charge in [-0.3, -0.25) is 18.6 Å². The molecule has 15 heteroatoms. The number of quaternary nitrogens is 1. The minimum Gasteiger partial charge on any atom is -0.457 e. The van der Waals surface area contributed by atoms with Crippen LogP contribution in [-0.2, 0) is 36.8 Å². The van der Waals surface area contributed by atoms with Crippen LogP contribution in [0.15, 0.2) is 64.6 Å². The third kappa shape index (κ3) is 5.87. The van der Waals surface area contributed by atoms with E-state index in [0.717, 1.165) is 5.56 Å². The van der Waals surface area contributed by atoms with Gasteiger partial charge in [0.25, 0.3) is 12.9 Å². The Bertz CT molecular complexity index is 1660. The Labute approximate surface area is 252 Å². The number of hydrogen-bond donors (Lipinski definition) is 2. The van der Waals surface area contributed by atoms with Crippen molar-refractivity contribution in [3.63, 3.8) is 0 Å². The summed E-state index contributed by atoms with van der Waals surface area (Å²) in [4.78, 5) is 41.4. The van der Waals surface area contributed by atoms with Crippen molar-refractivity contribution in [1.29, 1.82) is 0 Å². The third-order valence-corrected chi connectivity index (χ3v) is 7.53. The second-order valence-electron chi connectivity index (χ2n) is 10.5. The highest BCUT2D eigenvalue weighted by atomic mass is 16.6. The number of anilines is 2. The van der Waals surface area contributed by atoms with Gasteiger partial charge < -0.3 is 29.4 Å². The van der Waals surface area contributed by atoms with Crippen LogP contribution in [0.5, 0.6) is 0 Å². The van der Waals surface area contributed by atoms with E-state index in [9.17, 15) is 9.59 Å². The molecule has 1 saturated heterocycles. The normalized spacial score (nSPS) is 24.0. The quantitative estimate of drug-likeness (QED) is 0.160. The van der Waals surface area contributed by atoms with Crippen LogP contribution in [0.25, 0.3) is 11.2 Å². The number of aryl methyl sites for hydroxylation is 1. The highest BCUT2D eigenvalue weighted by molar-refractivity contribution is 5.84. The molecule has 2 N–H and O–H groups in total. The number of rotatable bonds is 14. The highest BCUT2D eigenvalue weighted by Crippen LogP contribution is 2.43. The fourth-order valence-electron chi connectivity index (χ4n) is 5.19. The van der Waals surface area contributed by atoms with Crippen molar-refractivity contribution in [2.75, 3.05) is 30.8 Å². The van der Waals surface area contributed by atoms with E-state index in [4.69, 9.17) is 28.7 Å². The second kappa shape index (κ2) is 12.6. The minimum atomic E-state index is -1.05. The molecule has 44 heavy (non-hydrogen) atoms. The predicted molar refractivity (Wildman–Crippen MR) is 157 cm³/mol. The standard InChI is InChI=1S/C29H32N9O6/c1-3-20-13-21(44-36-20)23-24(41-17-39)25(42-18-40)28(43-23)37-15-33-22-26(32-14-19-7-5-4-6-8-19)34-29(35-27(22)37)31-10-12-38(2)11-9-30-16-38/h4-9,11,13,15-18,23-25,28H,3,10,12,14H2,1-2H3,(H2,31,32,34,35)/q+1/t23-,24-,25-,28-,38?/m1/s1. The van der Waals surface area contributed by atoms with Crippen molar-refractivity contribution in [3.8, 4) is 0 Å². The zero-order valence-corrected chi connectivity index (χ0v) is 24.1. The molecule has 0 spiro atoms. The number of imidazole rings is 1. The molecule has 1 aromatic carbocycles. The minimum absolute atomic E-state index is 0.284. The van der Waals surface area contributed by atoms with E-state index in [2.05, 4.69) is 25.8 Å². The molecule has 6 rings (SSSR count). The van der Waals surface area contributed by atoms with Gasteiger partial charge in [0, 0.05) is 12.6 Å². The molecule has 1 fully saturated rings.